The van der Waals surface area contributed by atoms with Crippen molar-refractivity contribution in [3.8, 4) is 89.5 Å². The molecular formula is C69H46N2. The van der Waals surface area contributed by atoms with E-state index in [0.29, 0.717) is 5.82 Å². The first-order chi connectivity index (χ1) is 35.2. The van der Waals surface area contributed by atoms with Gasteiger partial charge >= 0.3 is 0 Å². The van der Waals surface area contributed by atoms with E-state index in [2.05, 4.69) is 261 Å². The highest BCUT2D eigenvalue weighted by Crippen LogP contribution is 2.58. The molecule has 0 spiro atoms. The van der Waals surface area contributed by atoms with Crippen molar-refractivity contribution in [2.45, 2.75) is 5.41 Å². The molecule has 1 aliphatic rings. The molecule has 0 radical (unpaired) electrons. The molecule has 0 aliphatic heterocycles. The topological polar surface area (TPSA) is 25.8 Å². The predicted molar refractivity (Wildman–Crippen MR) is 295 cm³/mol. The summed E-state index contributed by atoms with van der Waals surface area (Å²) in [7, 11) is 0. The molecule has 0 fully saturated rings. The Balaban J connectivity index is 0.862. The zero-order valence-electron chi connectivity index (χ0n) is 39.0. The van der Waals surface area contributed by atoms with Crippen LogP contribution in [0.2, 0.25) is 0 Å². The zero-order valence-corrected chi connectivity index (χ0v) is 39.0. The van der Waals surface area contributed by atoms with Gasteiger partial charge in [-0.05, 0) is 101 Å². The molecule has 1 heterocycles. The van der Waals surface area contributed by atoms with Crippen molar-refractivity contribution in [2.24, 2.45) is 0 Å². The van der Waals surface area contributed by atoms with Crippen LogP contribution < -0.4 is 0 Å². The number of hydrogen-bond donors (Lipinski definition) is 0. The summed E-state index contributed by atoms with van der Waals surface area (Å²) in [5.74, 6) is 0.701. The third kappa shape index (κ3) is 7.28. The highest BCUT2D eigenvalue weighted by Gasteiger charge is 2.46. The fourth-order valence-electron chi connectivity index (χ4n) is 11.1. The van der Waals surface area contributed by atoms with Gasteiger partial charge in [-0.2, -0.15) is 0 Å². The summed E-state index contributed by atoms with van der Waals surface area (Å²) in [6.07, 6.45) is 0. The van der Waals surface area contributed by atoms with E-state index in [0.717, 1.165) is 39.0 Å². The molecule has 71 heavy (non-hydrogen) atoms. The van der Waals surface area contributed by atoms with Gasteiger partial charge in [0, 0.05) is 16.7 Å². The van der Waals surface area contributed by atoms with Crippen molar-refractivity contribution >= 4 is 10.8 Å². The second-order valence-corrected chi connectivity index (χ2v) is 18.4. The summed E-state index contributed by atoms with van der Waals surface area (Å²) in [5.41, 5.74) is 21.7. The fraction of sp³-hybridized carbons (Fsp3) is 0.0145. The van der Waals surface area contributed by atoms with Crippen LogP contribution in [0.3, 0.4) is 0 Å². The normalized spacial score (nSPS) is 12.3. The fourth-order valence-corrected chi connectivity index (χ4v) is 11.1. The molecule has 11 aromatic carbocycles. The average molecular weight is 903 g/mol. The molecule has 1 aliphatic carbocycles. The molecule has 1 aromatic heterocycles. The molecule has 0 saturated carbocycles. The van der Waals surface area contributed by atoms with E-state index < -0.39 is 5.41 Å². The minimum absolute atomic E-state index is 0.445. The van der Waals surface area contributed by atoms with Crippen molar-refractivity contribution < 1.29 is 0 Å². The second kappa shape index (κ2) is 17.7. The zero-order chi connectivity index (χ0) is 47.1. The number of fused-ring (bicyclic) bond motifs is 4. The lowest BCUT2D eigenvalue weighted by atomic mass is 9.67. The minimum atomic E-state index is -0.445. The maximum Gasteiger partial charge on any atom is 0.160 e. The smallest absolute Gasteiger partial charge is 0.160 e. The predicted octanol–water partition coefficient (Wildman–Crippen LogP) is 17.7. The molecule has 0 saturated heterocycles. The van der Waals surface area contributed by atoms with Gasteiger partial charge in [-0.15, -0.1) is 0 Å². The lowest BCUT2D eigenvalue weighted by Crippen LogP contribution is -2.28. The van der Waals surface area contributed by atoms with Crippen LogP contribution in [0.5, 0.6) is 0 Å². The van der Waals surface area contributed by atoms with Crippen molar-refractivity contribution in [2.75, 3.05) is 0 Å². The SMILES string of the molecule is c1ccc(-c2ccc(-c3cc(-c4ccc(-c5ccc(-c6cccc(-c7cccc8c7-c7ccccc7C8(c7ccccc7)c7ccccc7)c6)cc5)c5ccccc45)nc(-c4ccccc4)n3)cc2)cc1. The summed E-state index contributed by atoms with van der Waals surface area (Å²) in [4.78, 5) is 10.4. The minimum Gasteiger partial charge on any atom is -0.228 e. The van der Waals surface area contributed by atoms with Crippen molar-refractivity contribution in [1.29, 1.82) is 0 Å². The average Bonchev–Trinajstić information content (AvgIpc) is 3.77. The molecule has 0 amide bonds. The van der Waals surface area contributed by atoms with Gasteiger partial charge in [0.25, 0.3) is 0 Å². The number of nitrogens with zero attached hydrogens (tertiary/aromatic N) is 2. The van der Waals surface area contributed by atoms with Crippen molar-refractivity contribution in [3.63, 3.8) is 0 Å². The highest BCUT2D eigenvalue weighted by atomic mass is 14.9. The van der Waals surface area contributed by atoms with Crippen LogP contribution in [0.25, 0.3) is 100 Å². The van der Waals surface area contributed by atoms with Crippen LogP contribution in [0.1, 0.15) is 22.3 Å². The van der Waals surface area contributed by atoms with Gasteiger partial charge in [-0.1, -0.05) is 267 Å². The lowest BCUT2D eigenvalue weighted by molar-refractivity contribution is 0.768. The van der Waals surface area contributed by atoms with E-state index in [1.807, 2.05) is 18.2 Å². The van der Waals surface area contributed by atoms with Crippen molar-refractivity contribution in [3.05, 3.63) is 301 Å². The maximum absolute atomic E-state index is 5.25. The van der Waals surface area contributed by atoms with Crippen LogP contribution in [0, 0.1) is 0 Å². The summed E-state index contributed by atoms with van der Waals surface area (Å²) >= 11 is 0. The van der Waals surface area contributed by atoms with Crippen LogP contribution in [0.4, 0.5) is 0 Å². The monoisotopic (exact) mass is 902 g/mol. The number of hydrogen-bond acceptors (Lipinski definition) is 2. The van der Waals surface area contributed by atoms with Gasteiger partial charge in [0.2, 0.25) is 0 Å². The Hall–Kier alpha value is -9.24. The highest BCUT2D eigenvalue weighted by molar-refractivity contribution is 6.05. The Labute approximate surface area is 414 Å². The maximum atomic E-state index is 5.25. The Morgan fingerprint density at radius 2 is 0.690 bits per heavy atom. The van der Waals surface area contributed by atoms with Gasteiger partial charge in [0.1, 0.15) is 0 Å². The largest absolute Gasteiger partial charge is 0.228 e. The Morgan fingerprint density at radius 1 is 0.239 bits per heavy atom. The second-order valence-electron chi connectivity index (χ2n) is 18.4. The molecule has 0 atom stereocenters. The van der Waals surface area contributed by atoms with Crippen LogP contribution >= 0.6 is 0 Å². The molecule has 332 valence electrons. The van der Waals surface area contributed by atoms with Crippen LogP contribution in [-0.2, 0) is 5.41 Å². The molecule has 0 N–H and O–H groups in total. The first-order valence-corrected chi connectivity index (χ1v) is 24.4. The van der Waals surface area contributed by atoms with Gasteiger partial charge in [0.05, 0.1) is 16.8 Å². The van der Waals surface area contributed by atoms with E-state index in [9.17, 15) is 0 Å². The Kier molecular flexibility index (Phi) is 10.4. The molecule has 12 aromatic rings. The molecule has 13 rings (SSSR count). The molecule has 0 unspecified atom stereocenters. The third-order valence-corrected chi connectivity index (χ3v) is 14.4. The lowest BCUT2D eigenvalue weighted by Gasteiger charge is -2.34. The summed E-state index contributed by atoms with van der Waals surface area (Å²) in [6.45, 7) is 0. The van der Waals surface area contributed by atoms with E-state index in [1.165, 1.54) is 77.7 Å². The Bertz CT molecular complexity index is 3840. The molecule has 2 heteroatoms. The van der Waals surface area contributed by atoms with Crippen molar-refractivity contribution in [1.82, 2.24) is 9.97 Å². The van der Waals surface area contributed by atoms with Crippen LogP contribution in [0.15, 0.2) is 279 Å². The molecular weight excluding hydrogens is 857 g/mol. The van der Waals surface area contributed by atoms with Gasteiger partial charge in [-0.3, -0.25) is 0 Å². The Morgan fingerprint density at radius 3 is 1.38 bits per heavy atom. The van der Waals surface area contributed by atoms with Gasteiger partial charge in [-0.25, -0.2) is 9.97 Å². The summed E-state index contributed by atoms with van der Waals surface area (Å²) in [6, 6.07) is 101. The molecule has 0 bridgehead atoms. The summed E-state index contributed by atoms with van der Waals surface area (Å²) in [5, 5.41) is 2.32. The van der Waals surface area contributed by atoms with Gasteiger partial charge < -0.3 is 0 Å². The molecule has 2 nitrogen and oxygen atoms in total. The quantitative estimate of drug-likeness (QED) is 0.144. The first kappa shape index (κ1) is 41.9. The third-order valence-electron chi connectivity index (χ3n) is 14.4. The van der Waals surface area contributed by atoms with E-state index in [1.54, 1.807) is 0 Å². The van der Waals surface area contributed by atoms with Crippen LogP contribution in [-0.4, -0.2) is 9.97 Å². The van der Waals surface area contributed by atoms with E-state index in [-0.39, 0.29) is 0 Å². The number of aromatic nitrogens is 2. The number of benzene rings is 11. The first-order valence-electron chi connectivity index (χ1n) is 24.4. The summed E-state index contributed by atoms with van der Waals surface area (Å²) < 4.78 is 0. The van der Waals surface area contributed by atoms with E-state index in [4.69, 9.17) is 9.97 Å². The van der Waals surface area contributed by atoms with Gasteiger partial charge in [0.15, 0.2) is 5.82 Å². The number of rotatable bonds is 9. The standard InChI is InChI=1S/C69H46N2/c1-5-19-47(20-6-1)48-37-41-51(42-38-48)65-46-66(71-68(70-65)52-21-7-2-8-22-52)61-44-43-57(59-29-13-14-30-60(59)61)50-39-35-49(36-40-50)53-23-17-24-54(45-53)58-32-18-34-64-67(58)62-31-15-16-33-63(62)69(64,55-25-9-3-10-26-55)56-27-11-4-12-28-56/h1-46H. The van der Waals surface area contributed by atoms with E-state index >= 15 is 0 Å².